The molecule has 0 radical (unpaired) electrons. The molecule has 138 valence electrons. The fraction of sp³-hybridized carbons (Fsp3) is 0. The van der Waals surface area contributed by atoms with Gasteiger partial charge in [-0.1, -0.05) is 48.0 Å². The van der Waals surface area contributed by atoms with Crippen LogP contribution in [0.3, 0.4) is 0 Å². The van der Waals surface area contributed by atoms with Crippen molar-refractivity contribution in [2.75, 3.05) is 5.32 Å². The predicted molar refractivity (Wildman–Crippen MR) is 106 cm³/mol. The van der Waals surface area contributed by atoms with E-state index < -0.39 is 11.8 Å². The molecule has 0 aliphatic heterocycles. The van der Waals surface area contributed by atoms with Crippen LogP contribution in [-0.2, 0) is 0 Å². The Morgan fingerprint density at radius 3 is 2.54 bits per heavy atom. The third-order valence-electron chi connectivity index (χ3n) is 4.12. The summed E-state index contributed by atoms with van der Waals surface area (Å²) in [6, 6.07) is 17.8. The molecule has 3 N–H and O–H groups in total. The number of hydrogen-bond donors (Lipinski definition) is 2. The molecule has 4 rings (SSSR count). The van der Waals surface area contributed by atoms with Crippen molar-refractivity contribution in [1.82, 2.24) is 14.4 Å². The molecule has 8 heteroatoms. The molecule has 0 saturated carbocycles. The minimum absolute atomic E-state index is 0.00501. The Bertz CT molecular complexity index is 1200. The van der Waals surface area contributed by atoms with Crippen LogP contribution < -0.4 is 11.1 Å². The average molecular weight is 392 g/mol. The number of nitrogens with zero attached hydrogens (tertiary/aromatic N) is 3. The molecule has 0 saturated heterocycles. The van der Waals surface area contributed by atoms with Gasteiger partial charge in [0.05, 0.1) is 5.69 Å². The lowest BCUT2D eigenvalue weighted by Gasteiger charge is -2.10. The number of benzene rings is 2. The molecule has 28 heavy (non-hydrogen) atoms. The van der Waals surface area contributed by atoms with Gasteiger partial charge in [0.2, 0.25) is 0 Å². The van der Waals surface area contributed by atoms with Gasteiger partial charge < -0.3 is 11.1 Å². The highest BCUT2D eigenvalue weighted by Crippen LogP contribution is 2.23. The third-order valence-corrected chi connectivity index (χ3v) is 4.35. The highest BCUT2D eigenvalue weighted by Gasteiger charge is 2.19. The van der Waals surface area contributed by atoms with Gasteiger partial charge in [0, 0.05) is 10.7 Å². The van der Waals surface area contributed by atoms with Gasteiger partial charge in [0.1, 0.15) is 12.0 Å². The smallest absolute Gasteiger partial charge is 0.274 e. The SMILES string of the molecule is NC(=O)c1ncn2c(-c3ccccc3)cc(C(=O)Nc3cccc(Cl)c3)nc12. The van der Waals surface area contributed by atoms with Gasteiger partial charge in [-0.15, -0.1) is 0 Å². The van der Waals surface area contributed by atoms with Crippen LogP contribution in [0.15, 0.2) is 67.0 Å². The highest BCUT2D eigenvalue weighted by molar-refractivity contribution is 6.31. The second-order valence-corrected chi connectivity index (χ2v) is 6.44. The fourth-order valence-electron chi connectivity index (χ4n) is 2.85. The van der Waals surface area contributed by atoms with Crippen LogP contribution in [0.2, 0.25) is 5.02 Å². The Kier molecular flexibility index (Phi) is 4.50. The van der Waals surface area contributed by atoms with Crippen LogP contribution in [0.4, 0.5) is 5.69 Å². The van der Waals surface area contributed by atoms with E-state index in [2.05, 4.69) is 15.3 Å². The van der Waals surface area contributed by atoms with Gasteiger partial charge in [-0.3, -0.25) is 14.0 Å². The predicted octanol–water partition coefficient (Wildman–Crippen LogP) is 3.40. The molecule has 4 aromatic rings. The Morgan fingerprint density at radius 1 is 1.04 bits per heavy atom. The fourth-order valence-corrected chi connectivity index (χ4v) is 3.04. The van der Waals surface area contributed by atoms with Gasteiger partial charge in [0.25, 0.3) is 11.8 Å². The number of nitrogens with one attached hydrogen (secondary N) is 1. The number of hydrogen-bond acceptors (Lipinski definition) is 4. The largest absolute Gasteiger partial charge is 0.364 e. The Balaban J connectivity index is 1.85. The summed E-state index contributed by atoms with van der Waals surface area (Å²) in [5.74, 6) is -1.17. The maximum absolute atomic E-state index is 12.8. The van der Waals surface area contributed by atoms with Gasteiger partial charge in [-0.05, 0) is 29.8 Å². The zero-order valence-electron chi connectivity index (χ0n) is 14.5. The number of carbonyl (C=O) groups excluding carboxylic acids is 2. The number of primary amides is 1. The standard InChI is InChI=1S/C20H14ClN5O2/c21-13-7-4-8-14(9-13)24-20(28)15-10-16(12-5-2-1-3-6-12)26-11-23-17(18(22)27)19(26)25-15/h1-11H,(H2,22,27)(H,24,28). The molecule has 0 bridgehead atoms. The van der Waals surface area contributed by atoms with Crippen molar-refractivity contribution in [2.45, 2.75) is 0 Å². The van der Waals surface area contributed by atoms with Crippen LogP contribution in [0.1, 0.15) is 21.0 Å². The molecule has 0 aliphatic rings. The van der Waals surface area contributed by atoms with Gasteiger partial charge in [-0.25, -0.2) is 9.97 Å². The van der Waals surface area contributed by atoms with E-state index in [1.807, 2.05) is 30.3 Å². The van der Waals surface area contributed by atoms with E-state index in [-0.39, 0.29) is 17.0 Å². The van der Waals surface area contributed by atoms with Crippen molar-refractivity contribution < 1.29 is 9.59 Å². The van der Waals surface area contributed by atoms with E-state index in [0.717, 1.165) is 5.56 Å². The molecular formula is C20H14ClN5O2. The molecule has 0 fully saturated rings. The maximum Gasteiger partial charge on any atom is 0.274 e. The van der Waals surface area contributed by atoms with Crippen LogP contribution in [0.25, 0.3) is 16.9 Å². The number of fused-ring (bicyclic) bond motifs is 1. The summed E-state index contributed by atoms with van der Waals surface area (Å²) in [6.07, 6.45) is 1.46. The topological polar surface area (TPSA) is 102 Å². The van der Waals surface area contributed by atoms with E-state index in [0.29, 0.717) is 16.4 Å². The van der Waals surface area contributed by atoms with Crippen molar-refractivity contribution in [1.29, 1.82) is 0 Å². The van der Waals surface area contributed by atoms with E-state index >= 15 is 0 Å². The molecule has 0 aliphatic carbocycles. The number of rotatable bonds is 4. The summed E-state index contributed by atoms with van der Waals surface area (Å²) < 4.78 is 1.63. The molecule has 2 aromatic heterocycles. The summed E-state index contributed by atoms with van der Waals surface area (Å²) in [4.78, 5) is 32.9. The Hall–Kier alpha value is -3.71. The van der Waals surface area contributed by atoms with Gasteiger partial charge in [-0.2, -0.15) is 0 Å². The van der Waals surface area contributed by atoms with Crippen molar-refractivity contribution in [2.24, 2.45) is 5.73 Å². The Morgan fingerprint density at radius 2 is 1.82 bits per heavy atom. The van der Waals surface area contributed by atoms with E-state index in [1.54, 1.807) is 34.7 Å². The van der Waals surface area contributed by atoms with Crippen LogP contribution in [-0.4, -0.2) is 26.2 Å². The van der Waals surface area contributed by atoms with Crippen molar-refractivity contribution >= 4 is 34.7 Å². The summed E-state index contributed by atoms with van der Waals surface area (Å²) in [5.41, 5.74) is 7.76. The van der Waals surface area contributed by atoms with Crippen molar-refractivity contribution in [3.05, 3.63) is 83.4 Å². The van der Waals surface area contributed by atoms with Crippen LogP contribution >= 0.6 is 11.6 Å². The number of aromatic nitrogens is 3. The normalized spacial score (nSPS) is 10.8. The number of anilines is 1. The first-order chi connectivity index (χ1) is 13.5. The minimum atomic E-state index is -0.721. The first-order valence-corrected chi connectivity index (χ1v) is 8.71. The first kappa shape index (κ1) is 17.7. The van der Waals surface area contributed by atoms with Crippen molar-refractivity contribution in [3.8, 4) is 11.3 Å². The monoisotopic (exact) mass is 391 g/mol. The van der Waals surface area contributed by atoms with Crippen LogP contribution in [0, 0.1) is 0 Å². The molecule has 0 unspecified atom stereocenters. The lowest BCUT2D eigenvalue weighted by molar-refractivity contribution is 0.0993. The van der Waals surface area contributed by atoms with Crippen molar-refractivity contribution in [3.63, 3.8) is 0 Å². The van der Waals surface area contributed by atoms with Gasteiger partial charge in [0.15, 0.2) is 11.3 Å². The molecule has 7 nitrogen and oxygen atoms in total. The maximum atomic E-state index is 12.8. The second-order valence-electron chi connectivity index (χ2n) is 6.01. The second kappa shape index (κ2) is 7.13. The molecule has 0 spiro atoms. The zero-order chi connectivity index (χ0) is 19.7. The van der Waals surface area contributed by atoms with E-state index in [9.17, 15) is 9.59 Å². The van der Waals surface area contributed by atoms with E-state index in [1.165, 1.54) is 6.33 Å². The number of carbonyl (C=O) groups is 2. The molecular weight excluding hydrogens is 378 g/mol. The number of amides is 2. The molecule has 0 atom stereocenters. The van der Waals surface area contributed by atoms with E-state index in [4.69, 9.17) is 17.3 Å². The highest BCUT2D eigenvalue weighted by atomic mass is 35.5. The number of nitrogens with two attached hydrogens (primary N) is 1. The average Bonchev–Trinajstić information content (AvgIpc) is 3.12. The lowest BCUT2D eigenvalue weighted by atomic mass is 10.1. The zero-order valence-corrected chi connectivity index (χ0v) is 15.2. The Labute approximate surface area is 164 Å². The number of halogens is 1. The number of imidazole rings is 1. The first-order valence-electron chi connectivity index (χ1n) is 8.33. The summed E-state index contributed by atoms with van der Waals surface area (Å²) in [5, 5.41) is 3.25. The molecule has 2 amide bonds. The lowest BCUT2D eigenvalue weighted by Crippen LogP contribution is -2.17. The summed E-state index contributed by atoms with van der Waals surface area (Å²) in [6.45, 7) is 0. The summed E-state index contributed by atoms with van der Waals surface area (Å²) >= 11 is 5.97. The quantitative estimate of drug-likeness (QED) is 0.556. The van der Waals surface area contributed by atoms with Gasteiger partial charge >= 0.3 is 0 Å². The minimum Gasteiger partial charge on any atom is -0.364 e. The molecule has 2 aromatic carbocycles. The van der Waals surface area contributed by atoms with Crippen LogP contribution in [0.5, 0.6) is 0 Å². The third kappa shape index (κ3) is 3.30. The summed E-state index contributed by atoms with van der Waals surface area (Å²) in [7, 11) is 0. The molecule has 2 heterocycles.